The van der Waals surface area contributed by atoms with Crippen LogP contribution in [0.5, 0.6) is 0 Å². The summed E-state index contributed by atoms with van der Waals surface area (Å²) >= 11 is 1.73. The topological polar surface area (TPSA) is 37.4 Å². The Bertz CT molecular complexity index is 354. The van der Waals surface area contributed by atoms with Crippen LogP contribution in [0.4, 0.5) is 0 Å². The highest BCUT2D eigenvalue weighted by Gasteiger charge is 2.07. The molecule has 1 aromatic heterocycles. The molecule has 5 heteroatoms. The zero-order valence-electron chi connectivity index (χ0n) is 12.0. The fourth-order valence-electron chi connectivity index (χ4n) is 1.74. The number of hydrogen-bond donors (Lipinski definition) is 1. The van der Waals surface area contributed by atoms with E-state index in [9.17, 15) is 0 Å². The van der Waals surface area contributed by atoms with Gasteiger partial charge in [0.1, 0.15) is 5.01 Å². The molecule has 0 aromatic carbocycles. The number of nitrogens with zero attached hydrogens (tertiary/aromatic N) is 2. The van der Waals surface area contributed by atoms with Crippen molar-refractivity contribution < 1.29 is 4.74 Å². The third-order valence-corrected chi connectivity index (χ3v) is 3.58. The van der Waals surface area contributed by atoms with E-state index in [1.165, 1.54) is 0 Å². The number of aromatic nitrogens is 1. The van der Waals surface area contributed by atoms with Gasteiger partial charge in [-0.05, 0) is 13.0 Å². The molecule has 0 unspecified atom stereocenters. The summed E-state index contributed by atoms with van der Waals surface area (Å²) in [6.07, 6.45) is 3.08. The normalized spacial score (nSPS) is 11.1. The molecule has 1 rings (SSSR count). The molecule has 0 spiro atoms. The summed E-state index contributed by atoms with van der Waals surface area (Å²) in [6, 6.07) is 0. The quantitative estimate of drug-likeness (QED) is 0.499. The summed E-state index contributed by atoms with van der Waals surface area (Å²) in [5, 5.41) is 6.68. The summed E-state index contributed by atoms with van der Waals surface area (Å²) in [5.41, 5.74) is 1.14. The molecule has 0 saturated carbocycles. The highest BCUT2D eigenvalue weighted by molar-refractivity contribution is 7.09. The van der Waals surface area contributed by atoms with E-state index in [0.717, 1.165) is 56.5 Å². The lowest BCUT2D eigenvalue weighted by atomic mass is 10.4. The summed E-state index contributed by atoms with van der Waals surface area (Å²) in [5.74, 6) is 0. The van der Waals surface area contributed by atoms with Crippen molar-refractivity contribution >= 4 is 11.3 Å². The number of hydrogen-bond acceptors (Lipinski definition) is 5. The average molecular weight is 283 g/mol. The molecule has 0 aliphatic carbocycles. The second-order valence-corrected chi connectivity index (χ2v) is 5.37. The molecule has 1 aromatic rings. The van der Waals surface area contributed by atoms with Crippen molar-refractivity contribution in [2.45, 2.75) is 26.4 Å². The van der Waals surface area contributed by atoms with E-state index in [1.807, 2.05) is 6.08 Å². The van der Waals surface area contributed by atoms with Crippen molar-refractivity contribution in [3.8, 4) is 0 Å². The fourth-order valence-corrected chi connectivity index (χ4v) is 2.50. The molecule has 1 N–H and O–H groups in total. The highest BCUT2D eigenvalue weighted by Crippen LogP contribution is 2.11. The van der Waals surface area contributed by atoms with Crippen molar-refractivity contribution in [3.05, 3.63) is 28.7 Å². The van der Waals surface area contributed by atoms with Crippen LogP contribution in [0, 0.1) is 0 Å². The first-order valence-corrected chi connectivity index (χ1v) is 7.64. The van der Waals surface area contributed by atoms with Crippen LogP contribution >= 0.6 is 11.3 Å². The fraction of sp³-hybridized carbons (Fsp3) is 0.643. The van der Waals surface area contributed by atoms with Gasteiger partial charge < -0.3 is 10.1 Å². The minimum Gasteiger partial charge on any atom is -0.383 e. The molecule has 4 nitrogen and oxygen atoms in total. The van der Waals surface area contributed by atoms with Crippen LogP contribution in [0.1, 0.15) is 24.0 Å². The van der Waals surface area contributed by atoms with Gasteiger partial charge in [-0.2, -0.15) is 0 Å². The van der Waals surface area contributed by atoms with E-state index in [2.05, 4.69) is 34.1 Å². The predicted molar refractivity (Wildman–Crippen MR) is 81.5 cm³/mol. The van der Waals surface area contributed by atoms with Gasteiger partial charge in [0.2, 0.25) is 0 Å². The number of methoxy groups -OCH3 is 1. The van der Waals surface area contributed by atoms with Gasteiger partial charge in [0.25, 0.3) is 0 Å². The summed E-state index contributed by atoms with van der Waals surface area (Å²) < 4.78 is 5.12. The first-order chi connectivity index (χ1) is 9.30. The van der Waals surface area contributed by atoms with Gasteiger partial charge in [0, 0.05) is 38.7 Å². The first kappa shape index (κ1) is 16.3. The maximum atomic E-state index is 5.12. The Balaban J connectivity index is 2.42. The van der Waals surface area contributed by atoms with Crippen LogP contribution in [0.3, 0.4) is 0 Å². The third-order valence-electron chi connectivity index (χ3n) is 2.69. The van der Waals surface area contributed by atoms with Gasteiger partial charge in [-0.3, -0.25) is 4.90 Å². The van der Waals surface area contributed by atoms with E-state index in [0.29, 0.717) is 0 Å². The highest BCUT2D eigenvalue weighted by atomic mass is 32.1. The van der Waals surface area contributed by atoms with E-state index >= 15 is 0 Å². The van der Waals surface area contributed by atoms with Gasteiger partial charge in [0.15, 0.2) is 0 Å². The molecular weight excluding hydrogens is 258 g/mol. The number of ether oxygens (including phenoxy) is 1. The van der Waals surface area contributed by atoms with Gasteiger partial charge in [-0.1, -0.05) is 13.0 Å². The lowest BCUT2D eigenvalue weighted by molar-refractivity contribution is 0.150. The molecule has 0 amide bonds. The molecule has 0 atom stereocenters. The van der Waals surface area contributed by atoms with E-state index < -0.39 is 0 Å². The minimum atomic E-state index is 0.739. The second kappa shape index (κ2) is 10.1. The zero-order valence-corrected chi connectivity index (χ0v) is 12.8. The van der Waals surface area contributed by atoms with Crippen molar-refractivity contribution in [1.29, 1.82) is 0 Å². The van der Waals surface area contributed by atoms with Crippen molar-refractivity contribution in [3.63, 3.8) is 0 Å². The van der Waals surface area contributed by atoms with Crippen LogP contribution in [0.15, 0.2) is 18.0 Å². The van der Waals surface area contributed by atoms with Crippen molar-refractivity contribution in [2.24, 2.45) is 0 Å². The standard InChI is InChI=1S/C14H25N3OS/c1-4-6-15-10-14-16-13(12-19-14)11-17(7-5-2)8-9-18-3/h5,12,15H,2,4,6-11H2,1,3H3. The molecule has 0 aliphatic heterocycles. The number of rotatable bonds is 11. The molecule has 19 heavy (non-hydrogen) atoms. The maximum absolute atomic E-state index is 5.12. The minimum absolute atomic E-state index is 0.739. The molecule has 108 valence electrons. The van der Waals surface area contributed by atoms with E-state index in [4.69, 9.17) is 4.74 Å². The summed E-state index contributed by atoms with van der Waals surface area (Å²) in [7, 11) is 1.73. The largest absolute Gasteiger partial charge is 0.383 e. The van der Waals surface area contributed by atoms with Crippen molar-refractivity contribution in [1.82, 2.24) is 15.2 Å². The van der Waals surface area contributed by atoms with E-state index in [-0.39, 0.29) is 0 Å². The van der Waals surface area contributed by atoms with Gasteiger partial charge >= 0.3 is 0 Å². The Morgan fingerprint density at radius 2 is 2.42 bits per heavy atom. The Labute approximate surface area is 120 Å². The maximum Gasteiger partial charge on any atom is 0.107 e. The second-order valence-electron chi connectivity index (χ2n) is 4.43. The smallest absolute Gasteiger partial charge is 0.107 e. The van der Waals surface area contributed by atoms with Crippen LogP contribution in [0.2, 0.25) is 0 Å². The van der Waals surface area contributed by atoms with Crippen LogP contribution in [-0.2, 0) is 17.8 Å². The molecular formula is C14H25N3OS. The van der Waals surface area contributed by atoms with Crippen LogP contribution < -0.4 is 5.32 Å². The molecule has 0 fully saturated rings. The monoisotopic (exact) mass is 283 g/mol. The van der Waals surface area contributed by atoms with Gasteiger partial charge in [0.05, 0.1) is 12.3 Å². The SMILES string of the molecule is C=CCN(CCOC)Cc1csc(CNCCC)n1. The zero-order chi connectivity index (χ0) is 13.9. The Morgan fingerprint density at radius 3 is 3.11 bits per heavy atom. The van der Waals surface area contributed by atoms with Gasteiger partial charge in [-0.25, -0.2) is 4.98 Å². The Kier molecular flexibility index (Phi) is 8.66. The number of nitrogens with one attached hydrogen (secondary N) is 1. The third kappa shape index (κ3) is 6.82. The molecule has 0 saturated heterocycles. The predicted octanol–water partition coefficient (Wildman–Crippen LogP) is 2.28. The number of thiazole rings is 1. The van der Waals surface area contributed by atoms with Crippen LogP contribution in [-0.4, -0.2) is 43.2 Å². The lowest BCUT2D eigenvalue weighted by Crippen LogP contribution is -2.27. The lowest BCUT2D eigenvalue weighted by Gasteiger charge is -2.18. The summed E-state index contributed by atoms with van der Waals surface area (Å²) in [4.78, 5) is 6.94. The Hall–Kier alpha value is -0.750. The Morgan fingerprint density at radius 1 is 1.58 bits per heavy atom. The molecule has 0 bridgehead atoms. The van der Waals surface area contributed by atoms with Crippen LogP contribution in [0.25, 0.3) is 0 Å². The average Bonchev–Trinajstić information content (AvgIpc) is 2.84. The van der Waals surface area contributed by atoms with E-state index in [1.54, 1.807) is 18.4 Å². The van der Waals surface area contributed by atoms with Crippen molar-refractivity contribution in [2.75, 3.05) is 33.4 Å². The molecule has 1 heterocycles. The molecule has 0 aliphatic rings. The first-order valence-electron chi connectivity index (χ1n) is 6.76. The molecule has 0 radical (unpaired) electrons. The van der Waals surface area contributed by atoms with Gasteiger partial charge in [-0.15, -0.1) is 17.9 Å². The summed E-state index contributed by atoms with van der Waals surface area (Å²) in [6.45, 7) is 11.3.